The predicted octanol–water partition coefficient (Wildman–Crippen LogP) is 2.43. The van der Waals surface area contributed by atoms with Crippen LogP contribution in [0, 0.1) is 17.2 Å². The molecule has 98 valence electrons. The summed E-state index contributed by atoms with van der Waals surface area (Å²) in [4.78, 5) is 0. The Kier molecular flexibility index (Phi) is 4.07. The molecule has 0 aromatic heterocycles. The van der Waals surface area contributed by atoms with Crippen LogP contribution in [0.15, 0.2) is 0 Å². The summed E-state index contributed by atoms with van der Waals surface area (Å²) in [6.07, 6.45) is -3.42. The van der Waals surface area contributed by atoms with Crippen molar-refractivity contribution in [2.24, 2.45) is 5.92 Å². The smallest absolute Gasteiger partial charge is 0.228 e. The lowest BCUT2D eigenvalue weighted by molar-refractivity contribution is -0.127. The van der Waals surface area contributed by atoms with Crippen LogP contribution in [0.4, 0.5) is 13.2 Å². The van der Waals surface area contributed by atoms with Crippen molar-refractivity contribution in [2.75, 3.05) is 0 Å². The van der Waals surface area contributed by atoms with E-state index in [4.69, 9.17) is 5.26 Å². The first kappa shape index (κ1) is 14.3. The Balaban J connectivity index is 2.88. The van der Waals surface area contributed by atoms with E-state index in [1.807, 2.05) is 6.07 Å². The summed E-state index contributed by atoms with van der Waals surface area (Å²) in [6, 6.07) is 1.94. The van der Waals surface area contributed by atoms with E-state index in [0.29, 0.717) is 19.8 Å². The standard InChI is InChI=1S/C10H14F3NO2S/c1-7(10(11,12)13)17(15,16)9-4-2-3-8(5-9)6-14/h7-9H,2-5H2,1H3. The normalized spacial score (nSPS) is 28.4. The summed E-state index contributed by atoms with van der Waals surface area (Å²) >= 11 is 0. The van der Waals surface area contributed by atoms with Crippen LogP contribution in [0.1, 0.15) is 32.6 Å². The zero-order valence-corrected chi connectivity index (χ0v) is 10.2. The van der Waals surface area contributed by atoms with Gasteiger partial charge in [0.1, 0.15) is 0 Å². The van der Waals surface area contributed by atoms with Gasteiger partial charge < -0.3 is 0 Å². The molecule has 0 amide bonds. The largest absolute Gasteiger partial charge is 0.405 e. The maximum atomic E-state index is 12.4. The molecule has 0 radical (unpaired) electrons. The second-order valence-electron chi connectivity index (χ2n) is 4.39. The van der Waals surface area contributed by atoms with Gasteiger partial charge >= 0.3 is 6.18 Å². The minimum absolute atomic E-state index is 0.0270. The first-order valence-electron chi connectivity index (χ1n) is 5.38. The van der Waals surface area contributed by atoms with Crippen LogP contribution in [-0.4, -0.2) is 25.1 Å². The van der Waals surface area contributed by atoms with Crippen LogP contribution in [0.25, 0.3) is 0 Å². The Bertz CT molecular complexity index is 410. The molecule has 3 unspecified atom stereocenters. The predicted molar refractivity (Wildman–Crippen MR) is 55.8 cm³/mol. The lowest BCUT2D eigenvalue weighted by Gasteiger charge is -2.28. The van der Waals surface area contributed by atoms with Gasteiger partial charge in [0.25, 0.3) is 0 Å². The van der Waals surface area contributed by atoms with Crippen molar-refractivity contribution >= 4 is 9.84 Å². The summed E-state index contributed by atoms with van der Waals surface area (Å²) in [5.41, 5.74) is 0. The highest BCUT2D eigenvalue weighted by molar-refractivity contribution is 7.92. The van der Waals surface area contributed by atoms with Crippen molar-refractivity contribution in [3.05, 3.63) is 0 Å². The van der Waals surface area contributed by atoms with Crippen LogP contribution >= 0.6 is 0 Å². The zero-order chi connectivity index (χ0) is 13.3. The number of hydrogen-bond acceptors (Lipinski definition) is 3. The molecule has 0 aromatic carbocycles. The van der Waals surface area contributed by atoms with Crippen LogP contribution in [0.3, 0.4) is 0 Å². The number of nitrogens with zero attached hydrogens (tertiary/aromatic N) is 1. The molecule has 3 atom stereocenters. The highest BCUT2D eigenvalue weighted by Gasteiger charge is 2.48. The summed E-state index contributed by atoms with van der Waals surface area (Å²) < 4.78 is 60.8. The Hall–Kier alpha value is -0.770. The molecule has 1 rings (SSSR count). The third kappa shape index (κ3) is 3.12. The van der Waals surface area contributed by atoms with Crippen LogP contribution in [0.5, 0.6) is 0 Å². The molecule has 1 saturated carbocycles. The molecule has 1 fully saturated rings. The molecular weight excluding hydrogens is 255 g/mol. The van der Waals surface area contributed by atoms with E-state index in [0.717, 1.165) is 0 Å². The molecule has 0 spiro atoms. The molecule has 1 aliphatic carbocycles. The van der Waals surface area contributed by atoms with Crippen molar-refractivity contribution < 1.29 is 21.6 Å². The van der Waals surface area contributed by atoms with Crippen molar-refractivity contribution in [1.29, 1.82) is 5.26 Å². The number of sulfone groups is 1. The maximum Gasteiger partial charge on any atom is 0.405 e. The SMILES string of the molecule is CC(C(F)(F)F)S(=O)(=O)C1CCCC(C#N)C1. The zero-order valence-electron chi connectivity index (χ0n) is 9.37. The molecular formula is C10H14F3NO2S. The topological polar surface area (TPSA) is 57.9 Å². The Morgan fingerprint density at radius 1 is 1.35 bits per heavy atom. The first-order chi connectivity index (χ1) is 7.69. The number of nitriles is 1. The number of rotatable bonds is 2. The molecule has 7 heteroatoms. The molecule has 1 aliphatic rings. The van der Waals surface area contributed by atoms with Gasteiger partial charge in [0.2, 0.25) is 0 Å². The number of alkyl halides is 3. The fourth-order valence-corrected chi connectivity index (χ4v) is 3.98. The average Bonchev–Trinajstić information content (AvgIpc) is 2.27. The van der Waals surface area contributed by atoms with Gasteiger partial charge in [-0.3, -0.25) is 0 Å². The van der Waals surface area contributed by atoms with E-state index in [2.05, 4.69) is 0 Å². The van der Waals surface area contributed by atoms with Gasteiger partial charge in [0.15, 0.2) is 15.1 Å². The molecule has 3 nitrogen and oxygen atoms in total. The van der Waals surface area contributed by atoms with Crippen LogP contribution in [-0.2, 0) is 9.84 Å². The average molecular weight is 269 g/mol. The summed E-state index contributed by atoms with van der Waals surface area (Å²) in [5.74, 6) is -0.441. The molecule has 0 aromatic rings. The number of hydrogen-bond donors (Lipinski definition) is 0. The Morgan fingerprint density at radius 3 is 2.41 bits per heavy atom. The fourth-order valence-electron chi connectivity index (χ4n) is 2.04. The van der Waals surface area contributed by atoms with E-state index in [1.54, 1.807) is 0 Å². The summed E-state index contributed by atoms with van der Waals surface area (Å²) in [5, 5.41) is 5.33. The minimum atomic E-state index is -4.74. The highest BCUT2D eigenvalue weighted by atomic mass is 32.2. The van der Waals surface area contributed by atoms with Gasteiger partial charge in [0, 0.05) is 5.92 Å². The third-order valence-corrected chi connectivity index (χ3v) is 5.84. The Labute approximate surface area is 98.5 Å². The lowest BCUT2D eigenvalue weighted by Crippen LogP contribution is -2.41. The molecule has 0 heterocycles. The van der Waals surface area contributed by atoms with Crippen molar-refractivity contribution in [1.82, 2.24) is 0 Å². The van der Waals surface area contributed by atoms with Crippen LogP contribution in [0.2, 0.25) is 0 Å². The molecule has 0 bridgehead atoms. The van der Waals surface area contributed by atoms with Crippen molar-refractivity contribution in [3.8, 4) is 6.07 Å². The van der Waals surface area contributed by atoms with Crippen molar-refractivity contribution in [3.63, 3.8) is 0 Å². The Morgan fingerprint density at radius 2 is 1.94 bits per heavy atom. The molecule has 0 N–H and O–H groups in total. The van der Waals surface area contributed by atoms with Gasteiger partial charge in [-0.15, -0.1) is 0 Å². The van der Waals surface area contributed by atoms with Gasteiger partial charge in [-0.1, -0.05) is 6.42 Å². The van der Waals surface area contributed by atoms with Gasteiger partial charge in [-0.25, -0.2) is 8.42 Å². The van der Waals surface area contributed by atoms with Crippen LogP contribution < -0.4 is 0 Å². The fraction of sp³-hybridized carbons (Fsp3) is 0.900. The van der Waals surface area contributed by atoms with Gasteiger partial charge in [-0.05, 0) is 26.2 Å². The molecule has 17 heavy (non-hydrogen) atoms. The maximum absolute atomic E-state index is 12.4. The molecule has 0 aliphatic heterocycles. The quantitative estimate of drug-likeness (QED) is 0.773. The summed E-state index contributed by atoms with van der Waals surface area (Å²) in [7, 11) is -4.24. The van der Waals surface area contributed by atoms with Gasteiger partial charge in [0.05, 0.1) is 11.3 Å². The van der Waals surface area contributed by atoms with E-state index >= 15 is 0 Å². The lowest BCUT2D eigenvalue weighted by atomic mass is 9.90. The second kappa shape index (κ2) is 4.84. The molecule has 0 saturated heterocycles. The van der Waals surface area contributed by atoms with E-state index in [-0.39, 0.29) is 12.8 Å². The highest BCUT2D eigenvalue weighted by Crippen LogP contribution is 2.35. The van der Waals surface area contributed by atoms with E-state index in [9.17, 15) is 21.6 Å². The first-order valence-corrected chi connectivity index (χ1v) is 6.99. The third-order valence-electron chi connectivity index (χ3n) is 3.23. The van der Waals surface area contributed by atoms with E-state index in [1.165, 1.54) is 0 Å². The van der Waals surface area contributed by atoms with Gasteiger partial charge in [-0.2, -0.15) is 18.4 Å². The van der Waals surface area contributed by atoms with E-state index < -0.39 is 32.4 Å². The number of halogens is 3. The van der Waals surface area contributed by atoms with Crippen molar-refractivity contribution in [2.45, 2.75) is 49.3 Å². The monoisotopic (exact) mass is 269 g/mol. The summed E-state index contributed by atoms with van der Waals surface area (Å²) in [6.45, 7) is 0.672. The second-order valence-corrected chi connectivity index (χ2v) is 6.94. The minimum Gasteiger partial charge on any atom is -0.228 e.